The van der Waals surface area contributed by atoms with E-state index in [4.69, 9.17) is 23.5 Å². The standard InChI is InChI=1S/C19H28BNO5/c1-17(2)18(3,4)26-20(25-17)14-9-16(12-21-11-14)24-15-5-7-23-19(10-15)6-8-22-13-19/h9,11-12,15H,5-8,10,13H2,1-4H3. The van der Waals surface area contributed by atoms with E-state index >= 15 is 0 Å². The molecule has 1 aromatic heterocycles. The second-order valence-corrected chi connectivity index (χ2v) is 8.61. The molecule has 142 valence electrons. The van der Waals surface area contributed by atoms with Crippen LogP contribution in [0.25, 0.3) is 0 Å². The highest BCUT2D eigenvalue weighted by Crippen LogP contribution is 2.37. The Morgan fingerprint density at radius 2 is 1.88 bits per heavy atom. The first kappa shape index (κ1) is 18.2. The van der Waals surface area contributed by atoms with Crippen molar-refractivity contribution in [3.8, 4) is 5.75 Å². The van der Waals surface area contributed by atoms with Gasteiger partial charge in [-0.15, -0.1) is 0 Å². The van der Waals surface area contributed by atoms with Crippen LogP contribution in [0.2, 0.25) is 0 Å². The molecule has 0 radical (unpaired) electrons. The molecule has 0 bridgehead atoms. The van der Waals surface area contributed by atoms with Crippen LogP contribution in [0.3, 0.4) is 0 Å². The van der Waals surface area contributed by atoms with Crippen LogP contribution in [-0.2, 0) is 18.8 Å². The third-order valence-corrected chi connectivity index (χ3v) is 6.08. The fourth-order valence-corrected chi connectivity index (χ4v) is 3.75. The maximum Gasteiger partial charge on any atom is 0.496 e. The van der Waals surface area contributed by atoms with Gasteiger partial charge in [0.05, 0.1) is 36.2 Å². The zero-order chi connectivity index (χ0) is 18.4. The van der Waals surface area contributed by atoms with E-state index in [-0.39, 0.29) is 22.9 Å². The summed E-state index contributed by atoms with van der Waals surface area (Å²) < 4.78 is 30.0. The highest BCUT2D eigenvalue weighted by molar-refractivity contribution is 6.62. The Balaban J connectivity index is 1.45. The molecule has 0 aliphatic carbocycles. The lowest BCUT2D eigenvalue weighted by Gasteiger charge is -2.37. The number of ether oxygens (including phenoxy) is 3. The molecule has 2 unspecified atom stereocenters. The van der Waals surface area contributed by atoms with Crippen molar-refractivity contribution in [3.05, 3.63) is 18.5 Å². The van der Waals surface area contributed by atoms with Crippen LogP contribution in [0.15, 0.2) is 18.5 Å². The van der Waals surface area contributed by atoms with Crippen molar-refractivity contribution < 1.29 is 23.5 Å². The molecule has 1 aromatic rings. The van der Waals surface area contributed by atoms with Crippen molar-refractivity contribution in [3.63, 3.8) is 0 Å². The van der Waals surface area contributed by atoms with E-state index < -0.39 is 7.12 Å². The first-order valence-electron chi connectivity index (χ1n) is 9.48. The molecule has 3 fully saturated rings. The third kappa shape index (κ3) is 3.38. The zero-order valence-electron chi connectivity index (χ0n) is 16.1. The molecular formula is C19H28BNO5. The maximum atomic E-state index is 6.24. The van der Waals surface area contributed by atoms with E-state index in [1.807, 2.05) is 33.8 Å². The van der Waals surface area contributed by atoms with Crippen LogP contribution in [0.4, 0.5) is 0 Å². The van der Waals surface area contributed by atoms with Crippen molar-refractivity contribution in [1.29, 1.82) is 0 Å². The summed E-state index contributed by atoms with van der Waals surface area (Å²) in [4.78, 5) is 4.34. The molecule has 1 spiro atoms. The minimum Gasteiger partial charge on any atom is -0.489 e. The summed E-state index contributed by atoms with van der Waals surface area (Å²) in [7, 11) is -0.430. The monoisotopic (exact) mass is 361 g/mol. The van der Waals surface area contributed by atoms with Gasteiger partial charge >= 0.3 is 7.12 Å². The Labute approximate surface area is 155 Å². The minimum absolute atomic E-state index is 0.112. The smallest absolute Gasteiger partial charge is 0.489 e. The zero-order valence-corrected chi connectivity index (χ0v) is 16.1. The summed E-state index contributed by atoms with van der Waals surface area (Å²) in [5, 5.41) is 0. The summed E-state index contributed by atoms with van der Waals surface area (Å²) in [6.07, 6.45) is 6.32. The highest BCUT2D eigenvalue weighted by Gasteiger charge is 2.52. The number of rotatable bonds is 3. The molecule has 4 rings (SSSR count). The molecule has 2 atom stereocenters. The summed E-state index contributed by atoms with van der Waals surface area (Å²) >= 11 is 0. The normalized spacial score (nSPS) is 32.9. The molecule has 0 N–H and O–H groups in total. The molecule has 0 aromatic carbocycles. The average molecular weight is 361 g/mol. The second-order valence-electron chi connectivity index (χ2n) is 8.61. The van der Waals surface area contributed by atoms with Crippen LogP contribution in [0.1, 0.15) is 47.0 Å². The molecule has 26 heavy (non-hydrogen) atoms. The van der Waals surface area contributed by atoms with E-state index in [1.165, 1.54) is 0 Å². The quantitative estimate of drug-likeness (QED) is 0.769. The third-order valence-electron chi connectivity index (χ3n) is 6.08. The van der Waals surface area contributed by atoms with Crippen LogP contribution in [-0.4, -0.2) is 54.8 Å². The SMILES string of the molecule is CC1(C)OB(c2cncc(OC3CCOC4(CCOC4)C3)c2)OC1(C)C. The number of nitrogens with zero attached hydrogens (tertiary/aromatic N) is 1. The van der Waals surface area contributed by atoms with Gasteiger partial charge in [-0.05, 0) is 33.8 Å². The fourth-order valence-electron chi connectivity index (χ4n) is 3.75. The van der Waals surface area contributed by atoms with Crippen molar-refractivity contribution >= 4 is 12.6 Å². The topological polar surface area (TPSA) is 59.0 Å². The average Bonchev–Trinajstić information content (AvgIpc) is 3.10. The Kier molecular flexibility index (Phi) is 4.54. The van der Waals surface area contributed by atoms with Gasteiger partial charge in [0, 0.05) is 37.5 Å². The lowest BCUT2D eigenvalue weighted by molar-refractivity contribution is -0.112. The van der Waals surface area contributed by atoms with Gasteiger partial charge < -0.3 is 23.5 Å². The van der Waals surface area contributed by atoms with Gasteiger partial charge in [-0.2, -0.15) is 0 Å². The van der Waals surface area contributed by atoms with E-state index in [0.717, 1.165) is 37.1 Å². The van der Waals surface area contributed by atoms with Crippen LogP contribution in [0, 0.1) is 0 Å². The van der Waals surface area contributed by atoms with Gasteiger partial charge in [0.2, 0.25) is 0 Å². The lowest BCUT2D eigenvalue weighted by atomic mass is 9.80. The van der Waals surface area contributed by atoms with Crippen molar-refractivity contribution in [1.82, 2.24) is 4.98 Å². The van der Waals surface area contributed by atoms with Gasteiger partial charge in [-0.3, -0.25) is 4.98 Å². The molecule has 3 aliphatic rings. The maximum absolute atomic E-state index is 6.24. The number of hydrogen-bond donors (Lipinski definition) is 0. The van der Waals surface area contributed by atoms with E-state index in [1.54, 1.807) is 12.4 Å². The predicted octanol–water partition coefficient (Wildman–Crippen LogP) is 2.10. The Hall–Kier alpha value is -1.15. The molecule has 3 saturated heterocycles. The summed E-state index contributed by atoms with van der Waals surface area (Å²) in [6, 6.07) is 1.97. The minimum atomic E-state index is -0.430. The van der Waals surface area contributed by atoms with E-state index in [2.05, 4.69) is 4.98 Å². The lowest BCUT2D eigenvalue weighted by Crippen LogP contribution is -2.44. The van der Waals surface area contributed by atoms with Crippen molar-refractivity contribution in [2.45, 2.75) is 69.9 Å². The molecular weight excluding hydrogens is 333 g/mol. The fraction of sp³-hybridized carbons (Fsp3) is 0.737. The van der Waals surface area contributed by atoms with E-state index in [0.29, 0.717) is 13.2 Å². The summed E-state index contributed by atoms with van der Waals surface area (Å²) in [5.41, 5.74) is -0.0273. The van der Waals surface area contributed by atoms with Gasteiger partial charge in [0.15, 0.2) is 0 Å². The molecule has 0 saturated carbocycles. The number of hydrogen-bond acceptors (Lipinski definition) is 6. The van der Waals surface area contributed by atoms with E-state index in [9.17, 15) is 0 Å². The van der Waals surface area contributed by atoms with Crippen molar-refractivity contribution in [2.24, 2.45) is 0 Å². The van der Waals surface area contributed by atoms with Gasteiger partial charge in [0.25, 0.3) is 0 Å². The van der Waals surface area contributed by atoms with Gasteiger partial charge in [-0.1, -0.05) is 0 Å². The van der Waals surface area contributed by atoms with Crippen LogP contribution >= 0.6 is 0 Å². The van der Waals surface area contributed by atoms with Gasteiger partial charge in [-0.25, -0.2) is 0 Å². The number of aromatic nitrogens is 1. The second kappa shape index (κ2) is 6.48. The predicted molar refractivity (Wildman–Crippen MR) is 97.7 cm³/mol. The first-order valence-corrected chi connectivity index (χ1v) is 9.48. The molecule has 7 heteroatoms. The van der Waals surface area contributed by atoms with Gasteiger partial charge in [0.1, 0.15) is 11.9 Å². The summed E-state index contributed by atoms with van der Waals surface area (Å²) in [6.45, 7) is 10.3. The molecule has 4 heterocycles. The van der Waals surface area contributed by atoms with Crippen LogP contribution in [0.5, 0.6) is 5.75 Å². The van der Waals surface area contributed by atoms with Crippen molar-refractivity contribution in [2.75, 3.05) is 19.8 Å². The highest BCUT2D eigenvalue weighted by atomic mass is 16.7. The first-order chi connectivity index (χ1) is 12.3. The Morgan fingerprint density at radius 1 is 1.12 bits per heavy atom. The Bertz CT molecular complexity index is 643. The largest absolute Gasteiger partial charge is 0.496 e. The molecule has 3 aliphatic heterocycles. The molecule has 6 nitrogen and oxygen atoms in total. The number of pyridine rings is 1. The molecule has 0 amide bonds. The van der Waals surface area contributed by atoms with Crippen LogP contribution < -0.4 is 10.2 Å². The summed E-state index contributed by atoms with van der Waals surface area (Å²) in [5.74, 6) is 0.748. The Morgan fingerprint density at radius 3 is 2.58 bits per heavy atom.